The van der Waals surface area contributed by atoms with E-state index in [1.54, 1.807) is 0 Å². The predicted octanol–water partition coefficient (Wildman–Crippen LogP) is 2.28. The second kappa shape index (κ2) is 6.51. The maximum absolute atomic E-state index is 11.1. The van der Waals surface area contributed by atoms with Gasteiger partial charge in [0.15, 0.2) is 0 Å². The van der Waals surface area contributed by atoms with Gasteiger partial charge in [-0.2, -0.15) is 0 Å². The van der Waals surface area contributed by atoms with Crippen molar-refractivity contribution in [1.29, 1.82) is 0 Å². The zero-order chi connectivity index (χ0) is 13.7. The van der Waals surface area contributed by atoms with E-state index in [4.69, 9.17) is 25.8 Å². The summed E-state index contributed by atoms with van der Waals surface area (Å²) in [7, 11) is 0. The Hall–Kier alpha value is -1.40. The molecule has 2 rings (SSSR count). The molecule has 0 spiro atoms. The van der Waals surface area contributed by atoms with Crippen LogP contribution in [0.4, 0.5) is 4.79 Å². The number of nitrogens with zero attached hydrogens (tertiary/aromatic N) is 1. The number of hydrogen-bond acceptors (Lipinski definition) is 5. The third-order valence-corrected chi connectivity index (χ3v) is 2.39. The number of alkyl halides is 1. The van der Waals surface area contributed by atoms with Crippen LogP contribution in [0.1, 0.15) is 20.8 Å². The minimum Gasteiger partial charge on any atom is -0.448 e. The van der Waals surface area contributed by atoms with Gasteiger partial charge in [-0.3, -0.25) is 10.2 Å². The Balaban J connectivity index is 0.000000771. The molecule has 0 saturated carbocycles. The van der Waals surface area contributed by atoms with Crippen LogP contribution in [0.5, 0.6) is 0 Å². The molecule has 1 amide bonds. The van der Waals surface area contributed by atoms with Gasteiger partial charge in [0, 0.05) is 6.61 Å². The second-order valence-electron chi connectivity index (χ2n) is 3.13. The topological polar surface area (TPSA) is 60.0 Å². The smallest absolute Gasteiger partial charge is 0.418 e. The van der Waals surface area contributed by atoms with E-state index in [1.165, 1.54) is 4.90 Å². The maximum atomic E-state index is 11.1. The Morgan fingerprint density at radius 3 is 2.83 bits per heavy atom. The number of amides is 1. The zero-order valence-electron chi connectivity index (χ0n) is 10.7. The molecule has 0 aliphatic carbocycles. The van der Waals surface area contributed by atoms with Crippen molar-refractivity contribution in [1.82, 2.24) is 10.2 Å². The van der Waals surface area contributed by atoms with Gasteiger partial charge in [-0.25, -0.2) is 4.79 Å². The van der Waals surface area contributed by atoms with Crippen LogP contribution in [0, 0.1) is 0 Å². The highest BCUT2D eigenvalue weighted by molar-refractivity contribution is 6.19. The van der Waals surface area contributed by atoms with Crippen molar-refractivity contribution in [2.75, 3.05) is 13.3 Å². The Morgan fingerprint density at radius 1 is 1.56 bits per heavy atom. The lowest BCUT2D eigenvalue weighted by Gasteiger charge is -2.22. The zero-order valence-corrected chi connectivity index (χ0v) is 11.4. The molecule has 2 aliphatic heterocycles. The summed E-state index contributed by atoms with van der Waals surface area (Å²) in [5.74, 6) is 0.571. The molecule has 18 heavy (non-hydrogen) atoms. The summed E-state index contributed by atoms with van der Waals surface area (Å²) in [5.41, 5.74) is -0.433. The normalized spacial score (nSPS) is 21.6. The van der Waals surface area contributed by atoms with Crippen LogP contribution in [0.3, 0.4) is 0 Å². The molecule has 6 nitrogen and oxygen atoms in total. The number of ether oxygens (including phenoxy) is 3. The van der Waals surface area contributed by atoms with E-state index in [1.807, 2.05) is 20.8 Å². The summed E-state index contributed by atoms with van der Waals surface area (Å²) in [5, 5.41) is 2.38. The Kier molecular flexibility index (Phi) is 5.30. The van der Waals surface area contributed by atoms with Crippen molar-refractivity contribution in [3.63, 3.8) is 0 Å². The fraction of sp³-hybridized carbons (Fsp3) is 0.545. The minimum absolute atomic E-state index is 0.185. The highest BCUT2D eigenvalue weighted by Gasteiger charge is 2.39. The highest BCUT2D eigenvalue weighted by atomic mass is 35.5. The van der Waals surface area contributed by atoms with Gasteiger partial charge in [0.1, 0.15) is 6.73 Å². The average Bonchev–Trinajstić information content (AvgIpc) is 2.66. The molecule has 2 aliphatic rings. The lowest BCUT2D eigenvalue weighted by Crippen LogP contribution is -2.35. The van der Waals surface area contributed by atoms with Crippen molar-refractivity contribution in [3.8, 4) is 0 Å². The number of carbonyl (C=O) groups is 1. The first-order valence-electron chi connectivity index (χ1n) is 5.71. The van der Waals surface area contributed by atoms with Crippen LogP contribution < -0.4 is 5.32 Å². The van der Waals surface area contributed by atoms with E-state index in [0.717, 1.165) is 0 Å². The van der Waals surface area contributed by atoms with E-state index in [9.17, 15) is 4.79 Å². The lowest BCUT2D eigenvalue weighted by atomic mass is 10.4. The lowest BCUT2D eigenvalue weighted by molar-refractivity contribution is -0.0113. The van der Waals surface area contributed by atoms with Gasteiger partial charge < -0.3 is 14.2 Å². The van der Waals surface area contributed by atoms with E-state index in [-0.39, 0.29) is 12.6 Å². The number of halogens is 1. The predicted molar refractivity (Wildman–Crippen MR) is 66.2 cm³/mol. The molecule has 0 radical (unpaired) electrons. The highest BCUT2D eigenvalue weighted by Crippen LogP contribution is 2.33. The minimum atomic E-state index is -0.763. The largest absolute Gasteiger partial charge is 0.448 e. The quantitative estimate of drug-likeness (QED) is 0.633. The van der Waals surface area contributed by atoms with Crippen LogP contribution in [0.2, 0.25) is 0 Å². The molecule has 0 aromatic heterocycles. The van der Waals surface area contributed by atoms with Crippen LogP contribution >= 0.6 is 11.6 Å². The summed E-state index contributed by atoms with van der Waals surface area (Å²) < 4.78 is 15.4. The Bertz CT molecular complexity index is 370. The molecule has 0 fully saturated rings. The SMILES string of the molecule is C=C1NC(=O)OC2=C1OC(Cl)N2COCC.CC. The third-order valence-electron chi connectivity index (χ3n) is 2.07. The Morgan fingerprint density at radius 2 is 2.22 bits per heavy atom. The van der Waals surface area contributed by atoms with Crippen molar-refractivity contribution in [3.05, 3.63) is 23.9 Å². The van der Waals surface area contributed by atoms with Crippen LogP contribution in [-0.2, 0) is 14.2 Å². The number of hydrogen-bond donors (Lipinski definition) is 1. The monoisotopic (exact) mass is 276 g/mol. The summed E-state index contributed by atoms with van der Waals surface area (Å²) in [4.78, 5) is 12.6. The van der Waals surface area contributed by atoms with Crippen LogP contribution in [-0.4, -0.2) is 30.0 Å². The van der Waals surface area contributed by atoms with Crippen LogP contribution in [0.25, 0.3) is 0 Å². The van der Waals surface area contributed by atoms with Crippen molar-refractivity contribution in [2.45, 2.75) is 26.5 Å². The van der Waals surface area contributed by atoms with Gasteiger partial charge in [0.05, 0.1) is 5.70 Å². The third kappa shape index (κ3) is 2.88. The standard InChI is InChI=1S/C9H11ClN2O4.C2H6/c1-3-14-4-12-7-6(15-8(12)10)5(2)11-9(13)16-7;1-2/h8H,2-4H2,1H3,(H,11,13);1-2H3. The van der Waals surface area contributed by atoms with E-state index in [2.05, 4.69) is 11.9 Å². The van der Waals surface area contributed by atoms with E-state index in [0.29, 0.717) is 18.1 Å². The van der Waals surface area contributed by atoms with Gasteiger partial charge in [-0.15, -0.1) is 0 Å². The molecule has 0 saturated heterocycles. The molecule has 0 aromatic rings. The van der Waals surface area contributed by atoms with Gasteiger partial charge in [0.2, 0.25) is 5.76 Å². The molecular formula is C11H17ClN2O4. The first-order chi connectivity index (χ1) is 8.63. The molecule has 1 N–H and O–H groups in total. The molecule has 2 heterocycles. The average molecular weight is 277 g/mol. The van der Waals surface area contributed by atoms with Crippen LogP contribution in [0.15, 0.2) is 23.9 Å². The van der Waals surface area contributed by atoms with Gasteiger partial charge in [-0.05, 0) is 6.92 Å². The molecule has 0 bridgehead atoms. The second-order valence-corrected chi connectivity index (χ2v) is 3.50. The van der Waals surface area contributed by atoms with Crippen molar-refractivity contribution >= 4 is 17.7 Å². The first kappa shape index (κ1) is 14.7. The molecule has 1 atom stereocenters. The van der Waals surface area contributed by atoms with Crippen molar-refractivity contribution < 1.29 is 19.0 Å². The fourth-order valence-corrected chi connectivity index (χ4v) is 1.57. The number of alkyl carbamates (subject to hydrolysis) is 1. The van der Waals surface area contributed by atoms with Gasteiger partial charge in [0.25, 0.3) is 11.6 Å². The molecule has 0 aromatic carbocycles. The fourth-order valence-electron chi connectivity index (χ4n) is 1.34. The van der Waals surface area contributed by atoms with Gasteiger partial charge >= 0.3 is 6.09 Å². The summed E-state index contributed by atoms with van der Waals surface area (Å²) in [6.45, 7) is 10.2. The maximum Gasteiger partial charge on any atom is 0.418 e. The molecule has 1 unspecified atom stereocenters. The summed E-state index contributed by atoms with van der Waals surface area (Å²) in [6, 6.07) is 0. The molecular weight excluding hydrogens is 260 g/mol. The number of nitrogens with one attached hydrogen (secondary N) is 1. The first-order valence-corrected chi connectivity index (χ1v) is 6.14. The molecule has 7 heteroatoms. The van der Waals surface area contributed by atoms with Gasteiger partial charge in [-0.1, -0.05) is 32.0 Å². The van der Waals surface area contributed by atoms with E-state index < -0.39 is 11.8 Å². The summed E-state index contributed by atoms with van der Waals surface area (Å²) in [6.07, 6.45) is -0.611. The Labute approximate surface area is 111 Å². The van der Waals surface area contributed by atoms with E-state index >= 15 is 0 Å². The number of rotatable bonds is 3. The number of carbonyl (C=O) groups excluding carboxylic acids is 1. The van der Waals surface area contributed by atoms with Crippen molar-refractivity contribution in [2.24, 2.45) is 0 Å². The summed E-state index contributed by atoms with van der Waals surface area (Å²) >= 11 is 5.92. The molecule has 102 valence electrons.